The van der Waals surface area contributed by atoms with Crippen molar-refractivity contribution < 1.29 is 9.84 Å². The van der Waals surface area contributed by atoms with Gasteiger partial charge in [0.2, 0.25) is 5.95 Å². The summed E-state index contributed by atoms with van der Waals surface area (Å²) in [6.07, 6.45) is 3.41. The molecule has 31 heavy (non-hydrogen) atoms. The van der Waals surface area contributed by atoms with Gasteiger partial charge in [0.15, 0.2) is 11.2 Å². The van der Waals surface area contributed by atoms with E-state index in [1.54, 1.807) is 35.9 Å². The number of hydrogen-bond donors (Lipinski definition) is 2. The number of ether oxygens (including phenoxy) is 1. The zero-order chi connectivity index (χ0) is 22.0. The molecule has 1 aliphatic heterocycles. The van der Waals surface area contributed by atoms with Gasteiger partial charge in [0.25, 0.3) is 5.56 Å². The molecule has 2 aromatic heterocycles. The van der Waals surface area contributed by atoms with Crippen LogP contribution in [0.2, 0.25) is 5.02 Å². The quantitative estimate of drug-likeness (QED) is 0.598. The predicted octanol–water partition coefficient (Wildman–Crippen LogP) is 1.90. The second-order valence-corrected chi connectivity index (χ2v) is 8.22. The second kappa shape index (κ2) is 9.15. The molecule has 0 bridgehead atoms. The first-order valence-electron chi connectivity index (χ1n) is 10.5. The Balaban J connectivity index is 1.68. The van der Waals surface area contributed by atoms with E-state index in [9.17, 15) is 14.7 Å². The highest BCUT2D eigenvalue weighted by Crippen LogP contribution is 2.25. The number of fused-ring (bicyclic) bond motifs is 1. The van der Waals surface area contributed by atoms with E-state index in [1.807, 2.05) is 0 Å². The van der Waals surface area contributed by atoms with Gasteiger partial charge < -0.3 is 19.3 Å². The van der Waals surface area contributed by atoms with Gasteiger partial charge in [-0.15, -0.1) is 0 Å². The maximum atomic E-state index is 12.7. The van der Waals surface area contributed by atoms with E-state index in [4.69, 9.17) is 16.3 Å². The summed E-state index contributed by atoms with van der Waals surface area (Å²) in [6, 6.07) is 7.04. The molecule has 0 amide bonds. The number of anilines is 1. The standard InChI is InChI=1S/C21H26ClN5O4/c1-25-18-17(19(29)24-21(25)30)27(20(23-18)26-10-6-2-3-7-11-26)12-14(28)13-31-16-9-5-4-8-15(16)22/h4-5,8-9,14,28H,2-3,6-7,10-13H2,1H3,(H,24,29,30). The molecule has 1 saturated heterocycles. The van der Waals surface area contributed by atoms with Gasteiger partial charge in [-0.25, -0.2) is 4.79 Å². The number of aromatic nitrogens is 4. The number of benzene rings is 1. The van der Waals surface area contributed by atoms with E-state index in [-0.39, 0.29) is 18.7 Å². The lowest BCUT2D eigenvalue weighted by atomic mass is 10.2. The van der Waals surface area contributed by atoms with Gasteiger partial charge in [-0.2, -0.15) is 4.98 Å². The fourth-order valence-electron chi connectivity index (χ4n) is 3.92. The van der Waals surface area contributed by atoms with Crippen LogP contribution in [0.25, 0.3) is 11.2 Å². The minimum atomic E-state index is -0.920. The lowest BCUT2D eigenvalue weighted by molar-refractivity contribution is 0.0937. The lowest BCUT2D eigenvalue weighted by Crippen LogP contribution is -2.32. The highest BCUT2D eigenvalue weighted by molar-refractivity contribution is 6.32. The summed E-state index contributed by atoms with van der Waals surface area (Å²) < 4.78 is 8.68. The number of nitrogens with zero attached hydrogens (tertiary/aromatic N) is 4. The third-order valence-electron chi connectivity index (χ3n) is 5.54. The summed E-state index contributed by atoms with van der Waals surface area (Å²) in [5.41, 5.74) is -0.483. The van der Waals surface area contributed by atoms with Crippen molar-refractivity contribution in [2.75, 3.05) is 24.6 Å². The molecule has 1 unspecified atom stereocenters. The molecular formula is C21H26ClN5O4. The van der Waals surface area contributed by atoms with E-state index in [0.717, 1.165) is 38.8 Å². The molecule has 0 aliphatic carbocycles. The Bertz CT molecular complexity index is 1180. The van der Waals surface area contributed by atoms with Crippen LogP contribution in [0, 0.1) is 0 Å². The van der Waals surface area contributed by atoms with Crippen molar-refractivity contribution in [1.29, 1.82) is 0 Å². The molecule has 1 aliphatic rings. The third kappa shape index (κ3) is 4.47. The van der Waals surface area contributed by atoms with Crippen molar-refractivity contribution in [3.05, 3.63) is 50.1 Å². The molecule has 10 heteroatoms. The Labute approximate surface area is 183 Å². The number of aliphatic hydroxyl groups excluding tert-OH is 1. The fraction of sp³-hybridized carbons (Fsp3) is 0.476. The van der Waals surface area contributed by atoms with Crippen LogP contribution in [-0.2, 0) is 13.6 Å². The second-order valence-electron chi connectivity index (χ2n) is 7.81. The molecule has 166 valence electrons. The van der Waals surface area contributed by atoms with Gasteiger partial charge in [-0.3, -0.25) is 14.3 Å². The van der Waals surface area contributed by atoms with Crippen LogP contribution in [0.15, 0.2) is 33.9 Å². The Morgan fingerprint density at radius 1 is 1.19 bits per heavy atom. The van der Waals surface area contributed by atoms with Gasteiger partial charge in [-0.05, 0) is 25.0 Å². The highest BCUT2D eigenvalue weighted by Gasteiger charge is 2.24. The van der Waals surface area contributed by atoms with Crippen LogP contribution >= 0.6 is 11.6 Å². The minimum absolute atomic E-state index is 0.00743. The molecule has 1 aromatic carbocycles. The molecule has 1 fully saturated rings. The Morgan fingerprint density at radius 2 is 1.90 bits per heavy atom. The number of aryl methyl sites for hydroxylation is 1. The van der Waals surface area contributed by atoms with Crippen LogP contribution in [0.5, 0.6) is 5.75 Å². The van der Waals surface area contributed by atoms with Crippen LogP contribution in [0.4, 0.5) is 5.95 Å². The maximum absolute atomic E-state index is 12.7. The molecule has 2 N–H and O–H groups in total. The zero-order valence-corrected chi connectivity index (χ0v) is 18.1. The van der Waals surface area contributed by atoms with Crippen molar-refractivity contribution in [3.63, 3.8) is 0 Å². The normalized spacial score (nSPS) is 15.8. The number of halogens is 1. The van der Waals surface area contributed by atoms with Gasteiger partial charge in [0.05, 0.1) is 11.6 Å². The Morgan fingerprint density at radius 3 is 2.61 bits per heavy atom. The number of nitrogens with one attached hydrogen (secondary N) is 1. The molecule has 0 saturated carbocycles. The highest BCUT2D eigenvalue weighted by atomic mass is 35.5. The number of H-pyrrole nitrogens is 1. The molecular weight excluding hydrogens is 422 g/mol. The minimum Gasteiger partial charge on any atom is -0.489 e. The molecule has 3 heterocycles. The molecule has 0 radical (unpaired) electrons. The summed E-state index contributed by atoms with van der Waals surface area (Å²) in [7, 11) is 1.57. The number of para-hydroxylation sites is 1. The SMILES string of the molecule is Cn1c(=O)[nH]c(=O)c2c1nc(N1CCCCCC1)n2CC(O)COc1ccccc1Cl. The monoisotopic (exact) mass is 447 g/mol. The van der Waals surface area contributed by atoms with Crippen molar-refractivity contribution in [2.45, 2.75) is 38.3 Å². The zero-order valence-electron chi connectivity index (χ0n) is 17.4. The van der Waals surface area contributed by atoms with E-state index in [1.165, 1.54) is 4.57 Å². The summed E-state index contributed by atoms with van der Waals surface area (Å²) in [4.78, 5) is 33.8. The van der Waals surface area contributed by atoms with Crippen LogP contribution in [-0.4, -0.2) is 50.0 Å². The Hall–Kier alpha value is -2.78. The molecule has 4 rings (SSSR count). The molecule has 0 spiro atoms. The van der Waals surface area contributed by atoms with E-state index >= 15 is 0 Å². The Kier molecular flexibility index (Phi) is 6.33. The molecule has 1 atom stereocenters. The number of rotatable bonds is 6. The number of imidazole rings is 1. The summed E-state index contributed by atoms with van der Waals surface area (Å²) in [6.45, 7) is 1.70. The summed E-state index contributed by atoms with van der Waals surface area (Å²) in [5.74, 6) is 1.06. The third-order valence-corrected chi connectivity index (χ3v) is 5.85. The first-order valence-corrected chi connectivity index (χ1v) is 10.8. The van der Waals surface area contributed by atoms with E-state index < -0.39 is 17.4 Å². The van der Waals surface area contributed by atoms with Crippen molar-refractivity contribution in [3.8, 4) is 5.75 Å². The average molecular weight is 448 g/mol. The van der Waals surface area contributed by atoms with Crippen molar-refractivity contribution in [2.24, 2.45) is 7.05 Å². The average Bonchev–Trinajstić information content (AvgIpc) is 2.92. The summed E-state index contributed by atoms with van der Waals surface area (Å²) in [5, 5.41) is 11.2. The molecule has 3 aromatic rings. The lowest BCUT2D eigenvalue weighted by Gasteiger charge is -2.23. The number of aliphatic hydroxyl groups is 1. The smallest absolute Gasteiger partial charge is 0.329 e. The van der Waals surface area contributed by atoms with Crippen molar-refractivity contribution >= 4 is 28.7 Å². The topological polar surface area (TPSA) is 105 Å². The fourth-order valence-corrected chi connectivity index (χ4v) is 4.11. The first kappa shape index (κ1) is 21.5. The first-order chi connectivity index (χ1) is 15.0. The number of aromatic amines is 1. The van der Waals surface area contributed by atoms with E-state index in [0.29, 0.717) is 22.4 Å². The van der Waals surface area contributed by atoms with Gasteiger partial charge in [-0.1, -0.05) is 36.6 Å². The van der Waals surface area contributed by atoms with E-state index in [2.05, 4.69) is 14.9 Å². The van der Waals surface area contributed by atoms with Crippen LogP contribution < -0.4 is 20.9 Å². The predicted molar refractivity (Wildman–Crippen MR) is 119 cm³/mol. The summed E-state index contributed by atoms with van der Waals surface area (Å²) >= 11 is 6.12. The van der Waals surface area contributed by atoms with Crippen LogP contribution in [0.1, 0.15) is 25.7 Å². The maximum Gasteiger partial charge on any atom is 0.329 e. The van der Waals surface area contributed by atoms with Gasteiger partial charge in [0, 0.05) is 20.1 Å². The van der Waals surface area contributed by atoms with Gasteiger partial charge in [0.1, 0.15) is 18.5 Å². The van der Waals surface area contributed by atoms with Gasteiger partial charge >= 0.3 is 5.69 Å². The largest absolute Gasteiger partial charge is 0.489 e. The van der Waals surface area contributed by atoms with Crippen molar-refractivity contribution in [1.82, 2.24) is 19.1 Å². The molecule has 9 nitrogen and oxygen atoms in total. The number of hydrogen-bond acceptors (Lipinski definition) is 6. The van der Waals surface area contributed by atoms with Crippen LogP contribution in [0.3, 0.4) is 0 Å².